The number of aromatic nitrogens is 2. The lowest BCUT2D eigenvalue weighted by molar-refractivity contribution is 0.592. The van der Waals surface area contributed by atoms with Gasteiger partial charge in [0.25, 0.3) is 0 Å². The number of hydrogen-bond donors (Lipinski definition) is 0. The van der Waals surface area contributed by atoms with Crippen molar-refractivity contribution < 1.29 is 4.57 Å². The highest BCUT2D eigenvalue weighted by molar-refractivity contribution is 7.85. The van der Waals surface area contributed by atoms with Crippen molar-refractivity contribution >= 4 is 33.8 Å². The van der Waals surface area contributed by atoms with Gasteiger partial charge in [0.2, 0.25) is 0 Å². The van der Waals surface area contributed by atoms with Crippen LogP contribution < -0.4 is 15.9 Å². The average Bonchev–Trinajstić information content (AvgIpc) is 2.84. The third-order valence-electron chi connectivity index (χ3n) is 5.29. The van der Waals surface area contributed by atoms with Crippen LogP contribution in [0.5, 0.6) is 0 Å². The summed E-state index contributed by atoms with van der Waals surface area (Å²) < 4.78 is 14.6. The zero-order valence-corrected chi connectivity index (χ0v) is 17.1. The summed E-state index contributed by atoms with van der Waals surface area (Å²) in [5, 5.41) is 4.49. The Hall–Kier alpha value is -3.55. The zero-order valence-electron chi connectivity index (χ0n) is 16.2. The van der Waals surface area contributed by atoms with Crippen molar-refractivity contribution in [3.8, 4) is 11.3 Å². The molecule has 0 saturated carbocycles. The van der Waals surface area contributed by atoms with Crippen LogP contribution in [0.15, 0.2) is 116 Å². The first-order valence-corrected chi connectivity index (χ1v) is 11.5. The molecule has 0 bridgehead atoms. The van der Waals surface area contributed by atoms with Gasteiger partial charge >= 0.3 is 0 Å². The monoisotopic (exact) mass is 406 g/mol. The van der Waals surface area contributed by atoms with E-state index < -0.39 is 7.14 Å². The molecule has 0 amide bonds. The Morgan fingerprint density at radius 1 is 0.633 bits per heavy atom. The van der Waals surface area contributed by atoms with E-state index in [1.807, 2.05) is 103 Å². The van der Waals surface area contributed by atoms with Crippen LogP contribution in [0.4, 0.5) is 0 Å². The van der Waals surface area contributed by atoms with Crippen molar-refractivity contribution in [1.29, 1.82) is 0 Å². The summed E-state index contributed by atoms with van der Waals surface area (Å²) in [6, 6.07) is 31.3. The molecule has 0 aliphatic rings. The molecule has 5 aromatic rings. The Morgan fingerprint density at radius 2 is 1.27 bits per heavy atom. The highest BCUT2D eigenvalue weighted by Gasteiger charge is 2.29. The van der Waals surface area contributed by atoms with Gasteiger partial charge in [0.05, 0.1) is 5.69 Å². The van der Waals surface area contributed by atoms with Crippen molar-refractivity contribution in [2.75, 3.05) is 0 Å². The number of fused-ring (bicyclic) bond motifs is 1. The van der Waals surface area contributed by atoms with E-state index in [2.05, 4.69) is 9.97 Å². The zero-order chi connectivity index (χ0) is 20.4. The van der Waals surface area contributed by atoms with Gasteiger partial charge in [-0.3, -0.25) is 9.97 Å². The molecule has 0 fully saturated rings. The quantitative estimate of drug-likeness (QED) is 0.397. The van der Waals surface area contributed by atoms with Gasteiger partial charge in [0, 0.05) is 45.5 Å². The average molecular weight is 406 g/mol. The van der Waals surface area contributed by atoms with E-state index >= 15 is 0 Å². The third-order valence-corrected chi connectivity index (χ3v) is 8.35. The Morgan fingerprint density at radius 3 is 1.97 bits per heavy atom. The fraction of sp³-hybridized carbons (Fsp3) is 0. The highest BCUT2D eigenvalue weighted by atomic mass is 31.2. The van der Waals surface area contributed by atoms with Crippen molar-refractivity contribution in [1.82, 2.24) is 9.97 Å². The number of hydrogen-bond acceptors (Lipinski definition) is 3. The van der Waals surface area contributed by atoms with Crippen LogP contribution >= 0.6 is 7.14 Å². The molecular formula is C26H19N2OP. The van der Waals surface area contributed by atoms with Crippen LogP contribution in [-0.2, 0) is 4.57 Å². The smallest absolute Gasteiger partial charge is 0.171 e. The molecule has 0 saturated heterocycles. The van der Waals surface area contributed by atoms with E-state index in [0.717, 1.165) is 37.9 Å². The van der Waals surface area contributed by atoms with Gasteiger partial charge in [0.1, 0.15) is 0 Å². The van der Waals surface area contributed by atoms with E-state index in [9.17, 15) is 4.57 Å². The lowest BCUT2D eigenvalue weighted by Gasteiger charge is -2.20. The fourth-order valence-corrected chi connectivity index (χ4v) is 6.51. The molecule has 0 unspecified atom stereocenters. The number of benzene rings is 3. The van der Waals surface area contributed by atoms with Gasteiger partial charge < -0.3 is 4.57 Å². The van der Waals surface area contributed by atoms with E-state index in [1.165, 1.54) is 0 Å². The molecule has 0 N–H and O–H groups in total. The Bertz CT molecular complexity index is 1320. The van der Waals surface area contributed by atoms with Crippen LogP contribution in [0, 0.1) is 0 Å². The van der Waals surface area contributed by atoms with Crippen LogP contribution in [0.1, 0.15) is 0 Å². The van der Waals surface area contributed by atoms with Gasteiger partial charge in [-0.1, -0.05) is 78.9 Å². The second-order valence-corrected chi connectivity index (χ2v) is 9.85. The Balaban J connectivity index is 1.74. The predicted molar refractivity (Wildman–Crippen MR) is 124 cm³/mol. The number of nitrogens with zero attached hydrogens (tertiary/aromatic N) is 2. The standard InChI is InChI=1S/C26H19N2OP/c29-30(22-9-3-1-4-10-22,23-11-5-2-6-12-23)24-13-7-8-21(18-24)26-25-19-27-16-14-20(25)15-17-28-26/h1-19H. The Kier molecular flexibility index (Phi) is 4.74. The third kappa shape index (κ3) is 3.14. The molecule has 0 spiro atoms. The highest BCUT2D eigenvalue weighted by Crippen LogP contribution is 2.43. The molecule has 4 heteroatoms. The van der Waals surface area contributed by atoms with Crippen molar-refractivity contribution in [3.05, 3.63) is 116 Å². The molecular weight excluding hydrogens is 387 g/mol. The van der Waals surface area contributed by atoms with Gasteiger partial charge in [-0.25, -0.2) is 0 Å². The molecule has 0 radical (unpaired) electrons. The minimum atomic E-state index is -3.03. The maximum atomic E-state index is 14.6. The summed E-state index contributed by atoms with van der Waals surface area (Å²) in [6.45, 7) is 0. The summed E-state index contributed by atoms with van der Waals surface area (Å²) in [7, 11) is -3.03. The van der Waals surface area contributed by atoms with Crippen molar-refractivity contribution in [2.45, 2.75) is 0 Å². The van der Waals surface area contributed by atoms with Crippen molar-refractivity contribution in [2.24, 2.45) is 0 Å². The minimum absolute atomic E-state index is 0.792. The second-order valence-electron chi connectivity index (χ2n) is 7.09. The fourth-order valence-electron chi connectivity index (χ4n) is 3.81. The van der Waals surface area contributed by atoms with Gasteiger partial charge in [-0.15, -0.1) is 0 Å². The molecule has 2 aromatic heterocycles. The van der Waals surface area contributed by atoms with Crippen molar-refractivity contribution in [3.63, 3.8) is 0 Å². The first-order chi connectivity index (χ1) is 14.8. The largest absolute Gasteiger partial charge is 0.309 e. The summed E-state index contributed by atoms with van der Waals surface area (Å²) in [6.07, 6.45) is 5.41. The maximum absolute atomic E-state index is 14.6. The second kappa shape index (κ2) is 7.70. The van der Waals surface area contributed by atoms with E-state index in [0.29, 0.717) is 0 Å². The maximum Gasteiger partial charge on any atom is 0.171 e. The molecule has 3 aromatic carbocycles. The lowest BCUT2D eigenvalue weighted by atomic mass is 10.1. The summed E-state index contributed by atoms with van der Waals surface area (Å²) in [4.78, 5) is 8.89. The summed E-state index contributed by atoms with van der Waals surface area (Å²) >= 11 is 0. The van der Waals surface area contributed by atoms with Gasteiger partial charge in [-0.05, 0) is 23.6 Å². The molecule has 0 aliphatic carbocycles. The normalized spacial score (nSPS) is 11.5. The van der Waals surface area contributed by atoms with E-state index in [-0.39, 0.29) is 0 Å². The van der Waals surface area contributed by atoms with Crippen LogP contribution in [-0.4, -0.2) is 9.97 Å². The molecule has 0 atom stereocenters. The Labute approximate surface area is 175 Å². The SMILES string of the molecule is O=P(c1ccccc1)(c1ccccc1)c1cccc(-c2nccc3ccncc23)c1. The topological polar surface area (TPSA) is 42.9 Å². The molecule has 2 heterocycles. The molecule has 3 nitrogen and oxygen atoms in total. The minimum Gasteiger partial charge on any atom is -0.309 e. The van der Waals surface area contributed by atoms with Crippen LogP contribution in [0.3, 0.4) is 0 Å². The summed E-state index contributed by atoms with van der Waals surface area (Å²) in [5.41, 5.74) is 1.77. The molecule has 5 rings (SSSR count). The molecule has 30 heavy (non-hydrogen) atoms. The first-order valence-electron chi connectivity index (χ1n) is 9.78. The van der Waals surface area contributed by atoms with Gasteiger partial charge in [0.15, 0.2) is 7.14 Å². The first kappa shape index (κ1) is 18.5. The molecule has 0 aliphatic heterocycles. The predicted octanol–water partition coefficient (Wildman–Crippen LogP) is 4.94. The van der Waals surface area contributed by atoms with Crippen LogP contribution in [0.25, 0.3) is 22.0 Å². The number of rotatable bonds is 4. The van der Waals surface area contributed by atoms with Crippen LogP contribution in [0.2, 0.25) is 0 Å². The number of pyridine rings is 2. The summed E-state index contributed by atoms with van der Waals surface area (Å²) in [5.74, 6) is 0. The van der Waals surface area contributed by atoms with E-state index in [1.54, 1.807) is 12.4 Å². The lowest BCUT2D eigenvalue weighted by Crippen LogP contribution is -2.25. The van der Waals surface area contributed by atoms with E-state index in [4.69, 9.17) is 0 Å². The molecule has 144 valence electrons. The van der Waals surface area contributed by atoms with Gasteiger partial charge in [-0.2, -0.15) is 0 Å².